The van der Waals surface area contributed by atoms with Gasteiger partial charge in [0.2, 0.25) is 0 Å². The Kier molecular flexibility index (Phi) is 3.31. The van der Waals surface area contributed by atoms with Gasteiger partial charge in [0.25, 0.3) is 0 Å². The molecule has 0 aliphatic rings. The van der Waals surface area contributed by atoms with Crippen molar-refractivity contribution < 1.29 is 18.3 Å². The van der Waals surface area contributed by atoms with E-state index in [2.05, 4.69) is 15.9 Å². The van der Waals surface area contributed by atoms with Crippen molar-refractivity contribution in [1.29, 1.82) is 0 Å². The van der Waals surface area contributed by atoms with Gasteiger partial charge >= 0.3 is 0 Å². The molecular weight excluding hydrogens is 294 g/mol. The second-order valence-corrected chi connectivity index (χ2v) is 4.51. The Labute approximate surface area is 105 Å². The molecule has 0 amide bonds. The third-order valence-corrected chi connectivity index (χ3v) is 3.12. The lowest BCUT2D eigenvalue weighted by atomic mass is 10.0. The van der Waals surface area contributed by atoms with Crippen molar-refractivity contribution in [2.45, 2.75) is 13.0 Å². The number of furan rings is 1. The van der Waals surface area contributed by atoms with Crippen molar-refractivity contribution in [3.63, 3.8) is 0 Å². The average Bonchev–Trinajstić information content (AvgIpc) is 2.69. The smallest absolute Gasteiger partial charge is 0.151 e. The van der Waals surface area contributed by atoms with Crippen molar-refractivity contribution in [2.75, 3.05) is 0 Å². The van der Waals surface area contributed by atoms with E-state index in [0.717, 1.165) is 6.07 Å². The molecule has 0 aliphatic carbocycles. The molecule has 0 saturated carbocycles. The summed E-state index contributed by atoms with van der Waals surface area (Å²) in [5.41, 5.74) is 0.252. The molecule has 1 atom stereocenters. The molecule has 17 heavy (non-hydrogen) atoms. The summed E-state index contributed by atoms with van der Waals surface area (Å²) >= 11 is 3.17. The molecule has 90 valence electrons. The molecule has 1 N–H and O–H groups in total. The molecule has 2 nitrogen and oxygen atoms in total. The molecular formula is C12H9BrF2O2. The molecule has 2 aromatic rings. The van der Waals surface area contributed by atoms with Crippen LogP contribution in [-0.4, -0.2) is 5.11 Å². The average molecular weight is 303 g/mol. The largest absolute Gasteiger partial charge is 0.465 e. The predicted molar refractivity (Wildman–Crippen MR) is 61.6 cm³/mol. The highest BCUT2D eigenvalue weighted by Gasteiger charge is 2.21. The standard InChI is InChI=1S/C12H9BrF2O2/c1-6-4-7(10(15)5-9(6)14)11(16)12-8(13)2-3-17-12/h2-5,11,16H,1H3. The summed E-state index contributed by atoms with van der Waals surface area (Å²) in [5.74, 6) is -1.25. The van der Waals surface area contributed by atoms with Crippen LogP contribution >= 0.6 is 15.9 Å². The van der Waals surface area contributed by atoms with Gasteiger partial charge in [-0.1, -0.05) is 0 Å². The van der Waals surface area contributed by atoms with Gasteiger partial charge in [-0.05, 0) is 40.5 Å². The highest BCUT2D eigenvalue weighted by molar-refractivity contribution is 9.10. The Morgan fingerprint density at radius 3 is 2.59 bits per heavy atom. The highest BCUT2D eigenvalue weighted by atomic mass is 79.9. The lowest BCUT2D eigenvalue weighted by Gasteiger charge is -2.11. The molecule has 0 radical (unpaired) electrons. The Morgan fingerprint density at radius 2 is 2.00 bits per heavy atom. The first-order valence-electron chi connectivity index (χ1n) is 4.87. The van der Waals surface area contributed by atoms with Crippen LogP contribution in [0.4, 0.5) is 8.78 Å². The van der Waals surface area contributed by atoms with Gasteiger partial charge in [0.15, 0.2) is 5.76 Å². The first-order valence-corrected chi connectivity index (χ1v) is 5.66. The first kappa shape index (κ1) is 12.3. The number of hydrogen-bond donors (Lipinski definition) is 1. The number of hydrogen-bond acceptors (Lipinski definition) is 2. The second kappa shape index (κ2) is 4.58. The molecule has 1 aromatic heterocycles. The molecule has 5 heteroatoms. The van der Waals surface area contributed by atoms with E-state index in [9.17, 15) is 13.9 Å². The van der Waals surface area contributed by atoms with E-state index < -0.39 is 17.7 Å². The molecule has 1 heterocycles. The van der Waals surface area contributed by atoms with Gasteiger partial charge in [-0.15, -0.1) is 0 Å². The zero-order chi connectivity index (χ0) is 12.6. The fraction of sp³-hybridized carbons (Fsp3) is 0.167. The van der Waals surface area contributed by atoms with E-state index in [4.69, 9.17) is 4.42 Å². The first-order chi connectivity index (χ1) is 8.00. The van der Waals surface area contributed by atoms with Gasteiger partial charge in [-0.3, -0.25) is 0 Å². The quantitative estimate of drug-likeness (QED) is 0.917. The number of aliphatic hydroxyl groups excluding tert-OH is 1. The van der Waals surface area contributed by atoms with Crippen molar-refractivity contribution in [2.24, 2.45) is 0 Å². The summed E-state index contributed by atoms with van der Waals surface area (Å²) in [6, 6.07) is 3.61. The zero-order valence-corrected chi connectivity index (χ0v) is 10.5. The number of aryl methyl sites for hydroxylation is 1. The van der Waals surface area contributed by atoms with E-state index in [1.807, 2.05) is 0 Å². The van der Waals surface area contributed by atoms with Crippen molar-refractivity contribution in [1.82, 2.24) is 0 Å². The van der Waals surface area contributed by atoms with Crippen LogP contribution in [0, 0.1) is 18.6 Å². The molecule has 0 fully saturated rings. The predicted octanol–water partition coefficient (Wildman–Crippen LogP) is 3.71. The molecule has 0 saturated heterocycles. The molecule has 2 rings (SSSR count). The summed E-state index contributed by atoms with van der Waals surface area (Å²) in [6.45, 7) is 1.50. The van der Waals surface area contributed by atoms with E-state index in [1.165, 1.54) is 19.3 Å². The summed E-state index contributed by atoms with van der Waals surface area (Å²) in [4.78, 5) is 0. The van der Waals surface area contributed by atoms with E-state index in [-0.39, 0.29) is 16.9 Å². The third-order valence-electron chi connectivity index (χ3n) is 2.47. The molecule has 0 aliphatic heterocycles. The second-order valence-electron chi connectivity index (χ2n) is 3.66. The van der Waals surface area contributed by atoms with Crippen molar-refractivity contribution in [3.8, 4) is 0 Å². The van der Waals surface area contributed by atoms with E-state index in [1.54, 1.807) is 6.07 Å². The van der Waals surface area contributed by atoms with E-state index in [0.29, 0.717) is 4.47 Å². The van der Waals surface area contributed by atoms with Crippen LogP contribution in [-0.2, 0) is 0 Å². The summed E-state index contributed by atoms with van der Waals surface area (Å²) in [7, 11) is 0. The fourth-order valence-corrected chi connectivity index (χ4v) is 1.95. The maximum absolute atomic E-state index is 13.5. The van der Waals surface area contributed by atoms with Gasteiger partial charge < -0.3 is 9.52 Å². The summed E-state index contributed by atoms with van der Waals surface area (Å²) in [6.07, 6.45) is 0.107. The Hall–Kier alpha value is -1.20. The van der Waals surface area contributed by atoms with Crippen LogP contribution in [0.2, 0.25) is 0 Å². The van der Waals surface area contributed by atoms with Crippen LogP contribution < -0.4 is 0 Å². The van der Waals surface area contributed by atoms with Crippen LogP contribution in [0.25, 0.3) is 0 Å². The lowest BCUT2D eigenvalue weighted by Crippen LogP contribution is -2.04. The van der Waals surface area contributed by atoms with Crippen molar-refractivity contribution in [3.05, 3.63) is 57.5 Å². The molecule has 0 bridgehead atoms. The van der Waals surface area contributed by atoms with Gasteiger partial charge in [0.05, 0.1) is 10.7 Å². The molecule has 1 aromatic carbocycles. The van der Waals surface area contributed by atoms with Gasteiger partial charge in [-0.25, -0.2) is 8.78 Å². The maximum atomic E-state index is 13.5. The number of aliphatic hydroxyl groups is 1. The summed E-state index contributed by atoms with van der Waals surface area (Å²) in [5, 5.41) is 9.97. The topological polar surface area (TPSA) is 33.4 Å². The Bertz CT molecular complexity index is 551. The van der Waals surface area contributed by atoms with E-state index >= 15 is 0 Å². The lowest BCUT2D eigenvalue weighted by molar-refractivity contribution is 0.183. The van der Waals surface area contributed by atoms with Crippen LogP contribution in [0.3, 0.4) is 0 Å². The fourth-order valence-electron chi connectivity index (χ4n) is 1.53. The third kappa shape index (κ3) is 2.25. The number of halogens is 3. The number of benzene rings is 1. The zero-order valence-electron chi connectivity index (χ0n) is 8.88. The minimum absolute atomic E-state index is 0.0143. The Morgan fingerprint density at radius 1 is 1.29 bits per heavy atom. The minimum atomic E-state index is -1.27. The molecule has 1 unspecified atom stereocenters. The minimum Gasteiger partial charge on any atom is -0.465 e. The van der Waals surface area contributed by atoms with Crippen molar-refractivity contribution >= 4 is 15.9 Å². The normalized spacial score (nSPS) is 12.8. The molecule has 0 spiro atoms. The maximum Gasteiger partial charge on any atom is 0.151 e. The van der Waals surface area contributed by atoms with Crippen LogP contribution in [0.1, 0.15) is 23.0 Å². The van der Waals surface area contributed by atoms with Gasteiger partial charge in [0.1, 0.15) is 17.7 Å². The SMILES string of the molecule is Cc1cc(C(O)c2occc2Br)c(F)cc1F. The van der Waals surface area contributed by atoms with Crippen LogP contribution in [0.15, 0.2) is 33.4 Å². The summed E-state index contributed by atoms with van der Waals surface area (Å²) < 4.78 is 32.2. The highest BCUT2D eigenvalue weighted by Crippen LogP contribution is 2.31. The Balaban J connectivity index is 2.48. The number of rotatable bonds is 2. The monoisotopic (exact) mass is 302 g/mol. The van der Waals surface area contributed by atoms with Gasteiger partial charge in [0, 0.05) is 11.6 Å². The van der Waals surface area contributed by atoms with Gasteiger partial charge in [-0.2, -0.15) is 0 Å². The van der Waals surface area contributed by atoms with Crippen LogP contribution in [0.5, 0.6) is 0 Å².